The minimum Gasteiger partial charge on any atom is -0.508 e. The smallest absolute Gasteiger partial charge is 0.393 e. The Morgan fingerprint density at radius 3 is 1.98 bits per heavy atom. The third-order valence-electron chi connectivity index (χ3n) is 8.25. The van der Waals surface area contributed by atoms with Crippen LogP contribution in [0.3, 0.4) is 0 Å². The summed E-state index contributed by atoms with van der Waals surface area (Å²) in [4.78, 5) is 0. The highest BCUT2D eigenvalue weighted by Crippen LogP contribution is 2.45. The van der Waals surface area contributed by atoms with E-state index in [1.165, 1.54) is 24.3 Å². The predicted molar refractivity (Wildman–Crippen MR) is 153 cm³/mol. The van der Waals surface area contributed by atoms with Gasteiger partial charge < -0.3 is 10.2 Å². The fourth-order valence-corrected chi connectivity index (χ4v) is 6.17. The molecule has 5 rings (SSSR count). The van der Waals surface area contributed by atoms with E-state index in [2.05, 4.69) is 0 Å². The third-order valence-corrected chi connectivity index (χ3v) is 8.25. The Balaban J connectivity index is 1.75. The Kier molecular flexibility index (Phi) is 7.03. The summed E-state index contributed by atoms with van der Waals surface area (Å²) in [7, 11) is 0. The van der Waals surface area contributed by atoms with Crippen LogP contribution < -0.4 is 0 Å². The van der Waals surface area contributed by atoms with Crippen molar-refractivity contribution in [2.75, 3.05) is 0 Å². The first kappa shape index (κ1) is 29.2. The van der Waals surface area contributed by atoms with E-state index in [1.807, 2.05) is 20.8 Å². The highest BCUT2D eigenvalue weighted by atomic mass is 19.4. The minimum atomic E-state index is -4.65. The molecular weight excluding hydrogens is 535 g/mol. The first-order chi connectivity index (χ1) is 18.9. The van der Waals surface area contributed by atoms with E-state index in [1.54, 1.807) is 26.0 Å². The van der Waals surface area contributed by atoms with Gasteiger partial charge in [-0.25, -0.2) is 8.78 Å². The van der Waals surface area contributed by atoms with E-state index < -0.39 is 34.8 Å². The van der Waals surface area contributed by atoms with Gasteiger partial charge in [-0.1, -0.05) is 40.7 Å². The fourth-order valence-electron chi connectivity index (χ4n) is 6.17. The number of hydrogen-bond acceptors (Lipinski definition) is 2. The zero-order chi connectivity index (χ0) is 30.1. The first-order valence-electron chi connectivity index (χ1n) is 13.9. The summed E-state index contributed by atoms with van der Waals surface area (Å²) in [5.74, 6) is -1.03. The normalized spacial score (nSPS) is 14.8. The number of benzene rings is 4. The summed E-state index contributed by atoms with van der Waals surface area (Å²) in [6, 6.07) is 9.82. The molecule has 7 heteroatoms. The van der Waals surface area contributed by atoms with E-state index >= 15 is 4.39 Å². The maximum Gasteiger partial charge on any atom is 0.393 e. The predicted octanol–water partition coefficient (Wildman–Crippen LogP) is 9.56. The van der Waals surface area contributed by atoms with Crippen molar-refractivity contribution >= 4 is 21.5 Å². The average molecular weight is 571 g/mol. The van der Waals surface area contributed by atoms with Gasteiger partial charge in [0, 0.05) is 5.56 Å². The molecule has 0 atom stereocenters. The maximum atomic E-state index is 16.0. The van der Waals surface area contributed by atoms with Crippen LogP contribution in [0.25, 0.3) is 21.5 Å². The first-order valence-corrected chi connectivity index (χ1v) is 13.9. The van der Waals surface area contributed by atoms with Crippen LogP contribution in [0, 0.1) is 17.6 Å². The monoisotopic (exact) mass is 570 g/mol. The lowest BCUT2D eigenvalue weighted by Gasteiger charge is -2.30. The largest absolute Gasteiger partial charge is 0.508 e. The van der Waals surface area contributed by atoms with E-state index in [0.29, 0.717) is 34.4 Å². The number of aromatic hydroxyl groups is 2. The van der Waals surface area contributed by atoms with Crippen molar-refractivity contribution in [3.63, 3.8) is 0 Å². The van der Waals surface area contributed by atoms with Gasteiger partial charge in [-0.2, -0.15) is 13.2 Å². The number of rotatable bonds is 6. The molecule has 41 heavy (non-hydrogen) atoms. The molecule has 0 unspecified atom stereocenters. The second kappa shape index (κ2) is 9.88. The van der Waals surface area contributed by atoms with Crippen LogP contribution in [-0.2, 0) is 30.1 Å². The van der Waals surface area contributed by atoms with Crippen molar-refractivity contribution in [3.8, 4) is 11.5 Å². The van der Waals surface area contributed by atoms with Gasteiger partial charge in [-0.3, -0.25) is 0 Å². The zero-order valence-corrected chi connectivity index (χ0v) is 23.9. The Morgan fingerprint density at radius 1 is 0.732 bits per heavy atom. The Hall–Kier alpha value is -3.35. The highest BCUT2D eigenvalue weighted by molar-refractivity contribution is 5.95. The van der Waals surface area contributed by atoms with E-state index in [-0.39, 0.29) is 34.5 Å². The molecule has 1 fully saturated rings. The molecule has 0 aliphatic heterocycles. The summed E-state index contributed by atoms with van der Waals surface area (Å²) in [6.07, 6.45) is -3.26. The van der Waals surface area contributed by atoms with Gasteiger partial charge in [0.1, 0.15) is 23.1 Å². The van der Waals surface area contributed by atoms with Gasteiger partial charge in [0.15, 0.2) is 0 Å². The van der Waals surface area contributed by atoms with Gasteiger partial charge in [-0.05, 0) is 123 Å². The zero-order valence-electron chi connectivity index (χ0n) is 23.9. The quantitative estimate of drug-likeness (QED) is 0.227. The lowest BCUT2D eigenvalue weighted by molar-refractivity contribution is -0.127. The summed E-state index contributed by atoms with van der Waals surface area (Å²) in [5, 5.41) is 23.1. The SMILES string of the molecule is CC(C)(C)c1cc(O)cc2c(CC(C)(C)c3cc(O)cc4ccc(F)c(CC(F)(F)F)c34)cc(F)c(CC3CC3)c12. The van der Waals surface area contributed by atoms with Gasteiger partial charge in [0.05, 0.1) is 6.42 Å². The Bertz CT molecular complexity index is 1660. The highest BCUT2D eigenvalue weighted by Gasteiger charge is 2.34. The molecule has 2 nitrogen and oxygen atoms in total. The van der Waals surface area contributed by atoms with Crippen molar-refractivity contribution in [3.05, 3.63) is 81.9 Å². The molecule has 0 radical (unpaired) electrons. The van der Waals surface area contributed by atoms with Gasteiger partial charge in [0.25, 0.3) is 0 Å². The van der Waals surface area contributed by atoms with Crippen molar-refractivity contribution in [1.82, 2.24) is 0 Å². The summed E-state index contributed by atoms with van der Waals surface area (Å²) in [5.41, 5.74) is 0.496. The Labute approximate surface area is 236 Å². The van der Waals surface area contributed by atoms with Crippen molar-refractivity contribution in [1.29, 1.82) is 0 Å². The average Bonchev–Trinajstić information content (AvgIpc) is 3.65. The molecule has 1 aliphatic rings. The number of phenolic OH excluding ortho intramolecular Hbond substituents is 2. The molecule has 0 amide bonds. The molecule has 1 saturated carbocycles. The summed E-state index contributed by atoms with van der Waals surface area (Å²) < 4.78 is 71.5. The van der Waals surface area contributed by atoms with Crippen molar-refractivity contribution in [2.24, 2.45) is 5.92 Å². The molecule has 0 saturated heterocycles. The molecule has 4 aromatic rings. The molecule has 4 aromatic carbocycles. The number of alkyl halides is 3. The third kappa shape index (κ3) is 5.86. The van der Waals surface area contributed by atoms with Gasteiger partial charge in [0.2, 0.25) is 0 Å². The van der Waals surface area contributed by atoms with Gasteiger partial charge >= 0.3 is 6.18 Å². The summed E-state index contributed by atoms with van der Waals surface area (Å²) in [6.45, 7) is 9.60. The Morgan fingerprint density at radius 2 is 1.37 bits per heavy atom. The molecular formula is C34H35F5O2. The molecule has 0 heterocycles. The second-order valence-electron chi connectivity index (χ2n) is 13.3. The van der Waals surface area contributed by atoms with Crippen LogP contribution in [0.5, 0.6) is 11.5 Å². The molecule has 0 bridgehead atoms. The van der Waals surface area contributed by atoms with Crippen LogP contribution in [0.2, 0.25) is 0 Å². The minimum absolute atomic E-state index is 0.0443. The van der Waals surface area contributed by atoms with Crippen molar-refractivity contribution < 1.29 is 32.2 Å². The van der Waals surface area contributed by atoms with Crippen LogP contribution in [0.15, 0.2) is 42.5 Å². The number of hydrogen-bond donors (Lipinski definition) is 2. The van der Waals surface area contributed by atoms with Gasteiger partial charge in [-0.15, -0.1) is 0 Å². The second-order valence-corrected chi connectivity index (χ2v) is 13.3. The maximum absolute atomic E-state index is 16.0. The standard InChI is InChI=1S/C34H35F5O2/c1-32(2,3)26-14-22(41)13-23-20(12-29(36)24(31(23)26)10-18-6-7-18)16-33(4,5)27-15-21(40)11-19-8-9-28(35)25(30(19)27)17-34(37,38)39/h8-9,11-15,18,40-41H,6-7,10,16-17H2,1-5H3. The molecule has 1 aliphatic carbocycles. The lowest BCUT2D eigenvalue weighted by atomic mass is 9.74. The number of halogens is 5. The molecule has 218 valence electrons. The van der Waals surface area contributed by atoms with Crippen LogP contribution in [-0.4, -0.2) is 16.4 Å². The van der Waals surface area contributed by atoms with E-state index in [0.717, 1.165) is 29.9 Å². The fraction of sp³-hybridized carbons (Fsp3) is 0.412. The number of fused-ring (bicyclic) bond motifs is 2. The summed E-state index contributed by atoms with van der Waals surface area (Å²) >= 11 is 0. The van der Waals surface area contributed by atoms with E-state index in [9.17, 15) is 27.8 Å². The molecule has 2 N–H and O–H groups in total. The van der Waals surface area contributed by atoms with Crippen LogP contribution in [0.4, 0.5) is 22.0 Å². The number of phenols is 2. The topological polar surface area (TPSA) is 40.5 Å². The lowest BCUT2D eigenvalue weighted by Crippen LogP contribution is -2.23. The van der Waals surface area contributed by atoms with Crippen LogP contribution in [0.1, 0.15) is 75.3 Å². The van der Waals surface area contributed by atoms with Crippen molar-refractivity contribution in [2.45, 2.75) is 83.7 Å². The molecule has 0 spiro atoms. The molecule has 0 aromatic heterocycles. The van der Waals surface area contributed by atoms with Crippen LogP contribution >= 0.6 is 0 Å². The van der Waals surface area contributed by atoms with E-state index in [4.69, 9.17) is 0 Å².